The molecule has 1 saturated carbocycles. The predicted octanol–water partition coefficient (Wildman–Crippen LogP) is 3.08. The molecule has 1 rings (SSSR count). The third-order valence-corrected chi connectivity index (χ3v) is 3.02. The Kier molecular flexibility index (Phi) is 4.51. The highest BCUT2D eigenvalue weighted by atomic mass is 35.5. The molecular formula is C9H15ClF3N. The Bertz CT molecular complexity index is 172. The quantitative estimate of drug-likeness (QED) is 0.567. The summed E-state index contributed by atoms with van der Waals surface area (Å²) in [6.07, 6.45) is 0.509. The Hall–Kier alpha value is 0.0400. The van der Waals surface area contributed by atoms with E-state index in [1.165, 1.54) is 0 Å². The Morgan fingerprint density at radius 2 is 1.79 bits per heavy atom. The van der Waals surface area contributed by atoms with Crippen molar-refractivity contribution < 1.29 is 13.2 Å². The van der Waals surface area contributed by atoms with Crippen LogP contribution in [-0.4, -0.2) is 24.1 Å². The van der Waals surface area contributed by atoms with Crippen molar-refractivity contribution in [3.63, 3.8) is 0 Å². The minimum absolute atomic E-state index is 0.153. The lowest BCUT2D eigenvalue weighted by atomic mass is 10.1. The summed E-state index contributed by atoms with van der Waals surface area (Å²) in [5.41, 5.74) is 0. The summed E-state index contributed by atoms with van der Waals surface area (Å²) in [5.74, 6) is 0. The topological polar surface area (TPSA) is 12.0 Å². The summed E-state index contributed by atoms with van der Waals surface area (Å²) in [6.45, 7) is -0.930. The van der Waals surface area contributed by atoms with Crippen molar-refractivity contribution in [3.8, 4) is 0 Å². The van der Waals surface area contributed by atoms with Crippen LogP contribution in [-0.2, 0) is 0 Å². The molecule has 0 spiro atoms. The zero-order chi connectivity index (χ0) is 10.6. The van der Waals surface area contributed by atoms with Gasteiger partial charge in [0.15, 0.2) is 0 Å². The first-order valence-corrected chi connectivity index (χ1v) is 5.37. The highest BCUT2D eigenvalue weighted by Crippen LogP contribution is 2.23. The van der Waals surface area contributed by atoms with Gasteiger partial charge in [0.2, 0.25) is 0 Å². The molecule has 2 atom stereocenters. The Labute approximate surface area is 87.0 Å². The van der Waals surface area contributed by atoms with Crippen LogP contribution in [0.1, 0.15) is 32.1 Å². The van der Waals surface area contributed by atoms with E-state index in [1.54, 1.807) is 0 Å². The van der Waals surface area contributed by atoms with E-state index in [0.717, 1.165) is 32.1 Å². The molecule has 0 saturated heterocycles. The van der Waals surface area contributed by atoms with Crippen LogP contribution in [0.4, 0.5) is 13.2 Å². The third-order valence-electron chi connectivity index (χ3n) is 2.50. The van der Waals surface area contributed by atoms with Crippen LogP contribution in [0.25, 0.3) is 0 Å². The summed E-state index contributed by atoms with van der Waals surface area (Å²) in [4.78, 5) is 0. The van der Waals surface area contributed by atoms with Gasteiger partial charge >= 0.3 is 6.18 Å². The summed E-state index contributed by atoms with van der Waals surface area (Å²) in [5, 5.41) is 2.34. The van der Waals surface area contributed by atoms with E-state index in [4.69, 9.17) is 11.6 Å². The smallest absolute Gasteiger partial charge is 0.304 e. The Balaban J connectivity index is 2.33. The van der Waals surface area contributed by atoms with Crippen LogP contribution in [0.3, 0.4) is 0 Å². The van der Waals surface area contributed by atoms with Crippen LogP contribution in [0, 0.1) is 0 Å². The normalized spacial score (nSPS) is 30.0. The van der Waals surface area contributed by atoms with Crippen molar-refractivity contribution in [2.24, 2.45) is 0 Å². The minimum atomic E-state index is -4.14. The molecule has 1 nitrogen and oxygen atoms in total. The summed E-state index contributed by atoms with van der Waals surface area (Å²) >= 11 is 5.99. The van der Waals surface area contributed by atoms with Crippen molar-refractivity contribution >= 4 is 11.6 Å². The van der Waals surface area contributed by atoms with Crippen LogP contribution < -0.4 is 5.32 Å². The fraction of sp³-hybridized carbons (Fsp3) is 1.00. The van der Waals surface area contributed by atoms with E-state index >= 15 is 0 Å². The average molecular weight is 230 g/mol. The molecule has 5 heteroatoms. The fourth-order valence-electron chi connectivity index (χ4n) is 1.74. The molecule has 0 bridgehead atoms. The van der Waals surface area contributed by atoms with E-state index < -0.39 is 12.7 Å². The lowest BCUT2D eigenvalue weighted by Gasteiger charge is -2.21. The van der Waals surface area contributed by atoms with E-state index in [1.807, 2.05) is 0 Å². The lowest BCUT2D eigenvalue weighted by Crippen LogP contribution is -2.41. The number of rotatable bonds is 2. The number of nitrogens with one attached hydrogen (secondary N) is 1. The van der Waals surface area contributed by atoms with Crippen LogP contribution in [0.2, 0.25) is 0 Å². The van der Waals surface area contributed by atoms with E-state index in [-0.39, 0.29) is 11.4 Å². The van der Waals surface area contributed by atoms with Gasteiger partial charge < -0.3 is 5.32 Å². The first-order valence-electron chi connectivity index (χ1n) is 4.93. The van der Waals surface area contributed by atoms with Gasteiger partial charge in [-0.1, -0.05) is 19.3 Å². The Morgan fingerprint density at radius 3 is 2.43 bits per heavy atom. The molecule has 1 fully saturated rings. The fourth-order valence-corrected chi connectivity index (χ4v) is 2.11. The molecule has 0 aliphatic heterocycles. The van der Waals surface area contributed by atoms with Gasteiger partial charge in [0.1, 0.15) is 0 Å². The van der Waals surface area contributed by atoms with Gasteiger partial charge in [-0.3, -0.25) is 0 Å². The van der Waals surface area contributed by atoms with Gasteiger partial charge in [-0.2, -0.15) is 13.2 Å². The average Bonchev–Trinajstić information content (AvgIpc) is 2.25. The first-order chi connectivity index (χ1) is 6.49. The number of hydrogen-bond acceptors (Lipinski definition) is 1. The maximum Gasteiger partial charge on any atom is 0.401 e. The number of alkyl halides is 4. The van der Waals surface area contributed by atoms with Crippen LogP contribution in [0.5, 0.6) is 0 Å². The molecule has 0 radical (unpaired) electrons. The van der Waals surface area contributed by atoms with Crippen molar-refractivity contribution in [1.29, 1.82) is 0 Å². The molecular weight excluding hydrogens is 215 g/mol. The highest BCUT2D eigenvalue weighted by molar-refractivity contribution is 6.21. The van der Waals surface area contributed by atoms with Crippen molar-refractivity contribution in [1.82, 2.24) is 5.32 Å². The minimum Gasteiger partial charge on any atom is -0.304 e. The number of halogens is 4. The van der Waals surface area contributed by atoms with E-state index in [9.17, 15) is 13.2 Å². The lowest BCUT2D eigenvalue weighted by molar-refractivity contribution is -0.126. The van der Waals surface area contributed by atoms with Crippen LogP contribution in [0.15, 0.2) is 0 Å². The standard InChI is InChI=1S/C9H15ClF3N/c10-7-4-2-1-3-5-8(7)14-6-9(11,12)13/h7-8,14H,1-6H2. The predicted molar refractivity (Wildman–Crippen MR) is 50.6 cm³/mol. The van der Waals surface area contributed by atoms with Gasteiger partial charge in [0.25, 0.3) is 0 Å². The molecule has 0 aromatic heterocycles. The van der Waals surface area contributed by atoms with Crippen molar-refractivity contribution in [3.05, 3.63) is 0 Å². The molecule has 1 aliphatic carbocycles. The molecule has 0 aromatic rings. The maximum absolute atomic E-state index is 11.9. The van der Waals surface area contributed by atoms with Gasteiger partial charge in [-0.05, 0) is 12.8 Å². The zero-order valence-corrected chi connectivity index (χ0v) is 8.67. The van der Waals surface area contributed by atoms with Crippen molar-refractivity contribution in [2.45, 2.75) is 49.7 Å². The summed E-state index contributed by atoms with van der Waals surface area (Å²) in [6, 6.07) is -0.180. The maximum atomic E-state index is 11.9. The summed E-state index contributed by atoms with van der Waals surface area (Å²) < 4.78 is 35.8. The van der Waals surface area contributed by atoms with Gasteiger partial charge in [0.05, 0.1) is 6.54 Å². The van der Waals surface area contributed by atoms with E-state index in [2.05, 4.69) is 5.32 Å². The molecule has 1 aliphatic rings. The van der Waals surface area contributed by atoms with Gasteiger partial charge in [-0.15, -0.1) is 11.6 Å². The largest absolute Gasteiger partial charge is 0.401 e. The molecule has 0 heterocycles. The highest BCUT2D eigenvalue weighted by Gasteiger charge is 2.30. The SMILES string of the molecule is FC(F)(F)CNC1CCCCCC1Cl. The molecule has 14 heavy (non-hydrogen) atoms. The summed E-state index contributed by atoms with van der Waals surface area (Å²) in [7, 11) is 0. The third kappa shape index (κ3) is 4.51. The second kappa shape index (κ2) is 5.21. The van der Waals surface area contributed by atoms with Crippen LogP contribution >= 0.6 is 11.6 Å². The molecule has 0 aromatic carbocycles. The zero-order valence-electron chi connectivity index (χ0n) is 7.91. The van der Waals surface area contributed by atoms with Crippen molar-refractivity contribution in [2.75, 3.05) is 6.54 Å². The molecule has 0 amide bonds. The monoisotopic (exact) mass is 229 g/mol. The number of hydrogen-bond donors (Lipinski definition) is 1. The van der Waals surface area contributed by atoms with Gasteiger partial charge in [0, 0.05) is 11.4 Å². The van der Waals surface area contributed by atoms with Gasteiger partial charge in [-0.25, -0.2) is 0 Å². The first kappa shape index (κ1) is 12.1. The molecule has 84 valence electrons. The Morgan fingerprint density at radius 1 is 1.14 bits per heavy atom. The second-order valence-electron chi connectivity index (χ2n) is 3.76. The second-order valence-corrected chi connectivity index (χ2v) is 4.32. The molecule has 2 unspecified atom stereocenters. The molecule has 1 N–H and O–H groups in total. The van der Waals surface area contributed by atoms with E-state index in [0.29, 0.717) is 0 Å².